The number of rotatable bonds is 3. The number of aliphatic hydroxyl groups excluding tert-OH is 2. The number of hydrogen-bond acceptors (Lipinski definition) is 6. The third-order valence-electron chi connectivity index (χ3n) is 6.18. The second-order valence-corrected chi connectivity index (χ2v) is 8.83. The van der Waals surface area contributed by atoms with E-state index < -0.39 is 36.0 Å². The van der Waals surface area contributed by atoms with Crippen molar-refractivity contribution < 1.29 is 23.7 Å². The van der Waals surface area contributed by atoms with Gasteiger partial charge in [0.15, 0.2) is 11.6 Å². The normalized spacial score (nSPS) is 25.7. The number of aliphatic hydroxyl groups is 2. The maximum absolute atomic E-state index is 14.2. The van der Waals surface area contributed by atoms with Crippen LogP contribution in [-0.4, -0.2) is 44.6 Å². The third-order valence-corrected chi connectivity index (χ3v) is 6.78. The standard InChI is InChI=1S/C21H21BrF2N4O3/c22-11-8-28(21-17(11)13(25)2-4-27-21)14-6-16(20(30)19(14)29)31-15-5-12(23)18(24)9-1-3-26-7-10(9)15/h2,4-5,8,14,16,19-20,26,29-30H,1,3,6-7H2,(H2,25,27)/t14?,16?,19-,20+/m0/s1. The quantitative estimate of drug-likeness (QED) is 0.445. The van der Waals surface area contributed by atoms with E-state index in [2.05, 4.69) is 26.2 Å². The lowest BCUT2D eigenvalue weighted by atomic mass is 9.99. The molecule has 1 fully saturated rings. The molecule has 3 heterocycles. The fourth-order valence-electron chi connectivity index (χ4n) is 4.61. The van der Waals surface area contributed by atoms with Crippen molar-refractivity contribution in [2.75, 3.05) is 12.3 Å². The van der Waals surface area contributed by atoms with Crippen molar-refractivity contribution in [3.8, 4) is 5.75 Å². The summed E-state index contributed by atoms with van der Waals surface area (Å²) in [6, 6.07) is 2.16. The molecule has 1 aliphatic heterocycles. The zero-order valence-corrected chi connectivity index (χ0v) is 17.9. The molecule has 1 saturated carbocycles. The Morgan fingerprint density at radius 2 is 2.06 bits per heavy atom. The van der Waals surface area contributed by atoms with E-state index in [1.165, 1.54) is 0 Å². The van der Waals surface area contributed by atoms with Crippen LogP contribution in [0.1, 0.15) is 23.6 Å². The van der Waals surface area contributed by atoms with Gasteiger partial charge in [-0.15, -0.1) is 0 Å². The van der Waals surface area contributed by atoms with E-state index in [0.29, 0.717) is 47.4 Å². The van der Waals surface area contributed by atoms with Crippen LogP contribution in [0.5, 0.6) is 5.75 Å². The molecule has 5 rings (SSSR count). The fourth-order valence-corrected chi connectivity index (χ4v) is 5.23. The van der Waals surface area contributed by atoms with Crippen LogP contribution >= 0.6 is 15.9 Å². The Hall–Kier alpha value is -2.27. The number of anilines is 1. The highest BCUT2D eigenvalue weighted by molar-refractivity contribution is 9.10. The predicted molar refractivity (Wildman–Crippen MR) is 114 cm³/mol. The fraction of sp³-hybridized carbons (Fsp3) is 0.381. The minimum absolute atomic E-state index is 0.180. The molecule has 31 heavy (non-hydrogen) atoms. The lowest BCUT2D eigenvalue weighted by Crippen LogP contribution is -2.35. The van der Waals surface area contributed by atoms with Gasteiger partial charge in [-0.2, -0.15) is 0 Å². The zero-order valence-electron chi connectivity index (χ0n) is 16.4. The molecule has 1 aliphatic carbocycles. The highest BCUT2D eigenvalue weighted by atomic mass is 79.9. The van der Waals surface area contributed by atoms with Crippen molar-refractivity contribution in [2.45, 2.75) is 43.7 Å². The molecule has 4 atom stereocenters. The smallest absolute Gasteiger partial charge is 0.162 e. The van der Waals surface area contributed by atoms with Crippen molar-refractivity contribution >= 4 is 32.7 Å². The van der Waals surface area contributed by atoms with Crippen molar-refractivity contribution in [3.05, 3.63) is 51.8 Å². The maximum Gasteiger partial charge on any atom is 0.162 e. The molecule has 0 bridgehead atoms. The minimum atomic E-state index is -1.22. The van der Waals surface area contributed by atoms with Crippen LogP contribution < -0.4 is 15.8 Å². The van der Waals surface area contributed by atoms with Gasteiger partial charge in [0.1, 0.15) is 29.7 Å². The van der Waals surface area contributed by atoms with Gasteiger partial charge in [0.2, 0.25) is 0 Å². The molecule has 0 spiro atoms. The lowest BCUT2D eigenvalue weighted by Gasteiger charge is -2.25. The van der Waals surface area contributed by atoms with E-state index in [9.17, 15) is 19.0 Å². The van der Waals surface area contributed by atoms with E-state index in [-0.39, 0.29) is 12.2 Å². The van der Waals surface area contributed by atoms with Crippen molar-refractivity contribution in [1.29, 1.82) is 0 Å². The molecule has 5 N–H and O–H groups in total. The first-order chi connectivity index (χ1) is 14.9. The van der Waals surface area contributed by atoms with Crippen molar-refractivity contribution in [3.63, 3.8) is 0 Å². The Bertz CT molecular complexity index is 1170. The monoisotopic (exact) mass is 494 g/mol. The second kappa shape index (κ2) is 7.70. The zero-order chi connectivity index (χ0) is 21.9. The minimum Gasteiger partial charge on any atom is -0.487 e. The summed E-state index contributed by atoms with van der Waals surface area (Å²) in [5, 5.41) is 25.3. The summed E-state index contributed by atoms with van der Waals surface area (Å²) >= 11 is 3.48. The first kappa shape index (κ1) is 20.6. The van der Waals surface area contributed by atoms with Gasteiger partial charge in [-0.05, 0) is 35.0 Å². The molecule has 0 radical (unpaired) electrons. The van der Waals surface area contributed by atoms with Crippen LogP contribution in [-0.2, 0) is 13.0 Å². The number of pyridine rings is 1. The largest absolute Gasteiger partial charge is 0.487 e. The van der Waals surface area contributed by atoms with Gasteiger partial charge in [0.05, 0.1) is 11.4 Å². The summed E-state index contributed by atoms with van der Waals surface area (Å²) in [4.78, 5) is 4.37. The van der Waals surface area contributed by atoms with E-state index >= 15 is 0 Å². The van der Waals surface area contributed by atoms with Gasteiger partial charge in [-0.1, -0.05) is 0 Å². The number of hydrogen-bond donors (Lipinski definition) is 4. The van der Waals surface area contributed by atoms with Crippen LogP contribution in [0.4, 0.5) is 14.5 Å². The topological polar surface area (TPSA) is 106 Å². The first-order valence-corrected chi connectivity index (χ1v) is 10.8. The molecular formula is C21H21BrF2N4O3. The molecule has 2 unspecified atom stereocenters. The predicted octanol–water partition coefficient (Wildman–Crippen LogP) is 2.42. The maximum atomic E-state index is 14.2. The molecule has 7 nitrogen and oxygen atoms in total. The summed E-state index contributed by atoms with van der Waals surface area (Å²) in [6.45, 7) is 0.889. The number of nitrogens with two attached hydrogens (primary N) is 1. The van der Waals surface area contributed by atoms with Gasteiger partial charge in [-0.3, -0.25) is 0 Å². The van der Waals surface area contributed by atoms with Gasteiger partial charge < -0.3 is 30.6 Å². The number of halogens is 3. The lowest BCUT2D eigenvalue weighted by molar-refractivity contribution is -0.0167. The van der Waals surface area contributed by atoms with Crippen LogP contribution in [0.2, 0.25) is 0 Å². The van der Waals surface area contributed by atoms with E-state index in [0.717, 1.165) is 10.5 Å². The Morgan fingerprint density at radius 1 is 1.26 bits per heavy atom. The van der Waals surface area contributed by atoms with Crippen molar-refractivity contribution in [2.24, 2.45) is 0 Å². The summed E-state index contributed by atoms with van der Waals surface area (Å²) in [7, 11) is 0. The van der Waals surface area contributed by atoms with Gasteiger partial charge in [0.25, 0.3) is 0 Å². The molecule has 0 amide bonds. The van der Waals surface area contributed by atoms with Gasteiger partial charge in [0, 0.05) is 52.7 Å². The molecule has 164 valence electrons. The average molecular weight is 495 g/mol. The number of nitrogens with one attached hydrogen (secondary N) is 1. The van der Waals surface area contributed by atoms with E-state index in [4.69, 9.17) is 10.5 Å². The molecule has 10 heteroatoms. The SMILES string of the molecule is Nc1ccnc2c1c(Br)cn2C1CC(Oc2cc(F)c(F)c3c2CNCC3)[C@@H](O)[C@H]1O. The Kier molecular flexibility index (Phi) is 5.12. The molecule has 1 aromatic carbocycles. The Morgan fingerprint density at radius 3 is 2.87 bits per heavy atom. The third kappa shape index (κ3) is 3.29. The van der Waals surface area contributed by atoms with Gasteiger partial charge in [-0.25, -0.2) is 13.8 Å². The van der Waals surface area contributed by atoms with Crippen LogP contribution in [0.3, 0.4) is 0 Å². The van der Waals surface area contributed by atoms with Crippen molar-refractivity contribution in [1.82, 2.24) is 14.9 Å². The average Bonchev–Trinajstić information content (AvgIpc) is 3.24. The van der Waals surface area contributed by atoms with Crippen LogP contribution in [0.25, 0.3) is 11.0 Å². The first-order valence-electron chi connectivity index (χ1n) is 10.0. The van der Waals surface area contributed by atoms with Crippen LogP contribution in [0, 0.1) is 11.6 Å². The number of benzene rings is 1. The molecule has 0 saturated heterocycles. The van der Waals surface area contributed by atoms with Gasteiger partial charge >= 0.3 is 0 Å². The summed E-state index contributed by atoms with van der Waals surface area (Å²) in [5.74, 6) is -1.67. The number of nitrogens with zero attached hydrogens (tertiary/aromatic N) is 2. The second-order valence-electron chi connectivity index (χ2n) is 7.98. The molecule has 2 aliphatic rings. The number of nitrogen functional groups attached to an aromatic ring is 1. The highest BCUT2D eigenvalue weighted by Crippen LogP contribution is 2.40. The molecule has 2 aromatic heterocycles. The summed E-state index contributed by atoms with van der Waals surface area (Å²) in [6.07, 6.45) is 0.763. The number of ether oxygens (including phenoxy) is 1. The van der Waals surface area contributed by atoms with E-state index in [1.807, 2.05) is 0 Å². The number of aromatic nitrogens is 2. The van der Waals surface area contributed by atoms with E-state index in [1.54, 1.807) is 23.0 Å². The highest BCUT2D eigenvalue weighted by Gasteiger charge is 2.45. The Labute approximate surface area is 185 Å². The molecular weight excluding hydrogens is 474 g/mol. The summed E-state index contributed by atoms with van der Waals surface area (Å²) < 4.78 is 36.8. The summed E-state index contributed by atoms with van der Waals surface area (Å²) in [5.41, 5.74) is 8.00. The molecule has 3 aromatic rings. The Balaban J connectivity index is 1.48. The van der Waals surface area contributed by atoms with Crippen LogP contribution in [0.15, 0.2) is 29.0 Å². The number of fused-ring (bicyclic) bond motifs is 2.